The lowest BCUT2D eigenvalue weighted by molar-refractivity contribution is -0.143. The average Bonchev–Trinajstić information content (AvgIpc) is 2.93. The molecule has 0 saturated carbocycles. The summed E-state index contributed by atoms with van der Waals surface area (Å²) in [5, 5.41) is 7.57. The Hall–Kier alpha value is -4.33. The minimum atomic E-state index is -0.398. The van der Waals surface area contributed by atoms with E-state index in [-0.39, 0.29) is 13.0 Å². The first-order valence-electron chi connectivity index (χ1n) is 11.5. The van der Waals surface area contributed by atoms with E-state index in [1.54, 1.807) is 14.0 Å². The molecular formula is C28H30N2O6. The van der Waals surface area contributed by atoms with E-state index < -0.39 is 5.97 Å². The van der Waals surface area contributed by atoms with Crippen LogP contribution in [0.2, 0.25) is 0 Å². The number of carbonyl (C=O) groups excluding carboxylic acids is 1. The highest BCUT2D eigenvalue weighted by Gasteiger charge is 2.10. The molecule has 0 N–H and O–H groups in total. The van der Waals surface area contributed by atoms with E-state index in [0.717, 1.165) is 16.7 Å². The van der Waals surface area contributed by atoms with Gasteiger partial charge in [0, 0.05) is 17.8 Å². The average molecular weight is 491 g/mol. The number of rotatable bonds is 13. The molecule has 0 aromatic heterocycles. The highest BCUT2D eigenvalue weighted by molar-refractivity contribution is 6.01. The molecule has 3 aromatic carbocycles. The van der Waals surface area contributed by atoms with E-state index in [1.807, 2.05) is 72.8 Å². The van der Waals surface area contributed by atoms with Crippen molar-refractivity contribution in [3.05, 3.63) is 89.5 Å². The summed E-state index contributed by atoms with van der Waals surface area (Å²) in [6, 6.07) is 23.0. The largest absolute Gasteiger partial charge is 0.496 e. The van der Waals surface area contributed by atoms with Crippen molar-refractivity contribution in [1.29, 1.82) is 0 Å². The number of benzene rings is 3. The highest BCUT2D eigenvalue weighted by atomic mass is 16.7. The van der Waals surface area contributed by atoms with Gasteiger partial charge in [0.05, 0.1) is 13.5 Å². The number of nitrogens with zero attached hydrogens (tertiary/aromatic N) is 2. The Balaban J connectivity index is 1.52. The third kappa shape index (κ3) is 8.16. The van der Waals surface area contributed by atoms with Crippen LogP contribution in [-0.2, 0) is 27.5 Å². The molecule has 0 fully saturated rings. The molecule has 0 unspecified atom stereocenters. The summed E-state index contributed by atoms with van der Waals surface area (Å²) in [7, 11) is 3.10. The van der Waals surface area contributed by atoms with Crippen molar-refractivity contribution in [1.82, 2.24) is 0 Å². The Labute approximate surface area is 211 Å². The second-order valence-corrected chi connectivity index (χ2v) is 7.61. The molecule has 0 aliphatic rings. The summed E-state index contributed by atoms with van der Waals surface area (Å²) >= 11 is 0. The Morgan fingerprint density at radius 1 is 0.917 bits per heavy atom. The second-order valence-electron chi connectivity index (χ2n) is 7.61. The van der Waals surface area contributed by atoms with Crippen LogP contribution in [0.25, 0.3) is 0 Å². The normalized spacial score (nSPS) is 11.2. The van der Waals surface area contributed by atoms with E-state index in [0.29, 0.717) is 36.0 Å². The number of methoxy groups -OCH3 is 1. The van der Waals surface area contributed by atoms with Crippen LogP contribution >= 0.6 is 0 Å². The molecule has 188 valence electrons. The standard InChI is InChI=1S/C28H30N2O6/c1-4-29-36-28(31)17-13-23-12-16-25(18-27(23)32-2)34-19-21-10-14-24(15-11-21)35-20-26(30-33-3)22-8-6-5-7-9-22/h4-12,14-16,18H,13,17,19-20H2,1-3H3/b29-4-,30-26+. The molecule has 8 nitrogen and oxygen atoms in total. The third-order valence-corrected chi connectivity index (χ3v) is 5.13. The van der Waals surface area contributed by atoms with Gasteiger partial charge in [0.1, 0.15) is 43.3 Å². The van der Waals surface area contributed by atoms with E-state index in [1.165, 1.54) is 13.3 Å². The number of hydrogen-bond acceptors (Lipinski definition) is 8. The van der Waals surface area contributed by atoms with Gasteiger partial charge in [-0.3, -0.25) is 0 Å². The third-order valence-electron chi connectivity index (χ3n) is 5.13. The smallest absolute Gasteiger partial charge is 0.335 e. The maximum absolute atomic E-state index is 11.7. The molecule has 0 heterocycles. The Morgan fingerprint density at radius 2 is 1.67 bits per heavy atom. The zero-order valence-corrected chi connectivity index (χ0v) is 20.7. The van der Waals surface area contributed by atoms with Crippen molar-refractivity contribution in [2.24, 2.45) is 10.3 Å². The summed E-state index contributed by atoms with van der Waals surface area (Å²) in [6.07, 6.45) is 2.10. The molecule has 0 radical (unpaired) electrons. The van der Waals surface area contributed by atoms with Gasteiger partial charge in [-0.05, 0) is 42.7 Å². The van der Waals surface area contributed by atoms with E-state index in [2.05, 4.69) is 10.3 Å². The van der Waals surface area contributed by atoms with E-state index >= 15 is 0 Å². The summed E-state index contributed by atoms with van der Waals surface area (Å²) in [5.74, 6) is 1.63. The van der Waals surface area contributed by atoms with Crippen LogP contribution in [0.15, 0.2) is 83.1 Å². The van der Waals surface area contributed by atoms with Gasteiger partial charge in [-0.2, -0.15) is 0 Å². The van der Waals surface area contributed by atoms with Crippen LogP contribution in [-0.4, -0.2) is 38.7 Å². The van der Waals surface area contributed by atoms with Crippen molar-refractivity contribution < 1.29 is 28.7 Å². The van der Waals surface area contributed by atoms with Gasteiger partial charge in [0.2, 0.25) is 0 Å². The molecule has 3 rings (SSSR count). The Kier molecular flexibility index (Phi) is 10.3. The molecule has 0 aliphatic heterocycles. The summed E-state index contributed by atoms with van der Waals surface area (Å²) in [5.41, 5.74) is 3.51. The van der Waals surface area contributed by atoms with Gasteiger partial charge in [0.25, 0.3) is 0 Å². The molecule has 3 aromatic rings. The SMILES string of the molecule is C/C=N\OC(=O)CCc1ccc(OCc2ccc(OC/C(=N\OC)c3ccccc3)cc2)cc1OC. The van der Waals surface area contributed by atoms with Crippen molar-refractivity contribution in [2.75, 3.05) is 20.8 Å². The molecule has 8 heteroatoms. The summed E-state index contributed by atoms with van der Waals surface area (Å²) in [6.45, 7) is 2.34. The highest BCUT2D eigenvalue weighted by Crippen LogP contribution is 2.27. The van der Waals surface area contributed by atoms with E-state index in [4.69, 9.17) is 23.9 Å². The number of oxime groups is 2. The van der Waals surface area contributed by atoms with Crippen molar-refractivity contribution >= 4 is 17.9 Å². The number of hydrogen-bond donors (Lipinski definition) is 0. The van der Waals surface area contributed by atoms with Gasteiger partial charge >= 0.3 is 5.97 Å². The van der Waals surface area contributed by atoms with Gasteiger partial charge in [0.15, 0.2) is 0 Å². The lowest BCUT2D eigenvalue weighted by Gasteiger charge is -2.12. The lowest BCUT2D eigenvalue weighted by atomic mass is 10.1. The van der Waals surface area contributed by atoms with Crippen LogP contribution in [0, 0.1) is 0 Å². The predicted molar refractivity (Wildman–Crippen MR) is 138 cm³/mol. The maximum Gasteiger partial charge on any atom is 0.335 e. The lowest BCUT2D eigenvalue weighted by Crippen LogP contribution is -2.13. The molecule has 0 spiro atoms. The Bertz CT molecular complexity index is 1160. The zero-order chi connectivity index (χ0) is 25.6. The van der Waals surface area contributed by atoms with E-state index in [9.17, 15) is 4.79 Å². The number of ether oxygens (including phenoxy) is 3. The fourth-order valence-corrected chi connectivity index (χ4v) is 3.32. The minimum Gasteiger partial charge on any atom is -0.496 e. The van der Waals surface area contributed by atoms with Crippen LogP contribution in [0.1, 0.15) is 30.0 Å². The van der Waals surface area contributed by atoms with Crippen LogP contribution < -0.4 is 14.2 Å². The minimum absolute atomic E-state index is 0.201. The zero-order valence-electron chi connectivity index (χ0n) is 20.7. The molecule has 0 atom stereocenters. The van der Waals surface area contributed by atoms with Crippen LogP contribution in [0.4, 0.5) is 0 Å². The van der Waals surface area contributed by atoms with Gasteiger partial charge < -0.3 is 23.9 Å². The van der Waals surface area contributed by atoms with Crippen molar-refractivity contribution in [2.45, 2.75) is 26.4 Å². The van der Waals surface area contributed by atoms with Gasteiger partial charge in [-0.15, -0.1) is 0 Å². The molecule has 36 heavy (non-hydrogen) atoms. The van der Waals surface area contributed by atoms with Crippen LogP contribution in [0.3, 0.4) is 0 Å². The fourth-order valence-electron chi connectivity index (χ4n) is 3.32. The van der Waals surface area contributed by atoms with Gasteiger partial charge in [-0.1, -0.05) is 58.8 Å². The second kappa shape index (κ2) is 14.2. The first-order valence-corrected chi connectivity index (χ1v) is 11.5. The molecule has 0 aliphatic carbocycles. The topological polar surface area (TPSA) is 87.9 Å². The predicted octanol–water partition coefficient (Wildman–Crippen LogP) is 5.19. The number of carbonyl (C=O) groups is 1. The first-order chi connectivity index (χ1) is 17.6. The first kappa shape index (κ1) is 26.3. The van der Waals surface area contributed by atoms with Crippen molar-refractivity contribution in [3.63, 3.8) is 0 Å². The monoisotopic (exact) mass is 490 g/mol. The summed E-state index contributed by atoms with van der Waals surface area (Å²) in [4.78, 5) is 21.3. The summed E-state index contributed by atoms with van der Waals surface area (Å²) < 4.78 is 17.3. The molecular weight excluding hydrogens is 460 g/mol. The quantitative estimate of drug-likeness (QED) is 0.186. The number of aryl methyl sites for hydroxylation is 1. The molecule has 0 amide bonds. The van der Waals surface area contributed by atoms with Gasteiger partial charge in [-0.25, -0.2) is 4.79 Å². The van der Waals surface area contributed by atoms with Crippen LogP contribution in [0.5, 0.6) is 17.2 Å². The fraction of sp³-hybridized carbons (Fsp3) is 0.250. The maximum atomic E-state index is 11.7. The molecule has 0 bridgehead atoms. The Morgan fingerprint density at radius 3 is 2.36 bits per heavy atom. The van der Waals surface area contributed by atoms with Crippen molar-refractivity contribution in [3.8, 4) is 17.2 Å². The molecule has 0 saturated heterocycles.